The first-order chi connectivity index (χ1) is 10.0. The molecule has 0 saturated heterocycles. The summed E-state index contributed by atoms with van der Waals surface area (Å²) in [5.74, 6) is 0.598. The van der Waals surface area contributed by atoms with Crippen LogP contribution in [-0.4, -0.2) is 20.2 Å². The third-order valence-corrected chi connectivity index (χ3v) is 3.58. The molecule has 1 N–H and O–H groups in total. The predicted molar refractivity (Wildman–Crippen MR) is 82.4 cm³/mol. The van der Waals surface area contributed by atoms with Crippen LogP contribution in [0.25, 0.3) is 0 Å². The largest absolute Gasteiger partial charge is 0.495 e. The highest BCUT2D eigenvalue weighted by Gasteiger charge is 2.40. The quantitative estimate of drug-likeness (QED) is 0.832. The van der Waals surface area contributed by atoms with Crippen LogP contribution in [0.3, 0.4) is 0 Å². The Bertz CT molecular complexity index is 640. The molecule has 0 saturated carbocycles. The van der Waals surface area contributed by atoms with Gasteiger partial charge in [-0.25, -0.2) is 4.79 Å². The predicted octanol–water partition coefficient (Wildman–Crippen LogP) is 3.55. The van der Waals surface area contributed by atoms with Gasteiger partial charge in [0.2, 0.25) is 0 Å². The van der Waals surface area contributed by atoms with Crippen molar-refractivity contribution in [3.63, 3.8) is 0 Å². The highest BCUT2D eigenvalue weighted by atomic mass is 79.9. The van der Waals surface area contributed by atoms with Crippen molar-refractivity contribution >= 4 is 27.6 Å². The van der Waals surface area contributed by atoms with Gasteiger partial charge in [-0.2, -0.15) is 0 Å². The summed E-state index contributed by atoms with van der Waals surface area (Å²) in [6.07, 6.45) is 0. The van der Waals surface area contributed by atoms with Gasteiger partial charge < -0.3 is 19.2 Å². The summed E-state index contributed by atoms with van der Waals surface area (Å²) in [7, 11) is 2.90. The van der Waals surface area contributed by atoms with Crippen LogP contribution < -0.4 is 10.1 Å². The summed E-state index contributed by atoms with van der Waals surface area (Å²) in [6, 6.07) is 10.8. The number of anilines is 1. The number of rotatable bonds is 5. The molecule has 1 unspecified atom stereocenters. The standard InChI is InChI=1S/C15H16BrNO4/c1-15(14(18)20-3,12-8-9-13(16)21-12)17-10-6-4-5-7-11(10)19-2/h4-9,17H,1-3H3. The Morgan fingerprint density at radius 2 is 1.95 bits per heavy atom. The maximum absolute atomic E-state index is 12.2. The number of halogens is 1. The molecule has 0 aliphatic carbocycles. The van der Waals surface area contributed by atoms with Gasteiger partial charge in [-0.1, -0.05) is 12.1 Å². The van der Waals surface area contributed by atoms with Crippen LogP contribution in [0, 0.1) is 0 Å². The first-order valence-electron chi connectivity index (χ1n) is 6.26. The number of esters is 1. The fourth-order valence-electron chi connectivity index (χ4n) is 2.02. The summed E-state index contributed by atoms with van der Waals surface area (Å²) in [5.41, 5.74) is -0.504. The zero-order valence-corrected chi connectivity index (χ0v) is 13.6. The van der Waals surface area contributed by atoms with Gasteiger partial charge in [-0.15, -0.1) is 0 Å². The van der Waals surface area contributed by atoms with Crippen LogP contribution in [0.1, 0.15) is 12.7 Å². The molecular formula is C15H16BrNO4. The van der Waals surface area contributed by atoms with E-state index in [2.05, 4.69) is 21.2 Å². The first-order valence-corrected chi connectivity index (χ1v) is 7.06. The van der Waals surface area contributed by atoms with E-state index in [9.17, 15) is 4.79 Å². The number of hydrogen-bond acceptors (Lipinski definition) is 5. The second-order valence-corrected chi connectivity index (χ2v) is 5.33. The number of hydrogen-bond donors (Lipinski definition) is 1. The van der Waals surface area contributed by atoms with Crippen LogP contribution in [0.5, 0.6) is 5.75 Å². The zero-order valence-electron chi connectivity index (χ0n) is 12.0. The Morgan fingerprint density at radius 1 is 1.24 bits per heavy atom. The molecule has 0 aliphatic heterocycles. The number of methoxy groups -OCH3 is 2. The molecular weight excluding hydrogens is 338 g/mol. The zero-order chi connectivity index (χ0) is 15.5. The van der Waals surface area contributed by atoms with Crippen LogP contribution >= 0.6 is 15.9 Å². The van der Waals surface area contributed by atoms with E-state index < -0.39 is 11.5 Å². The molecule has 6 heteroatoms. The lowest BCUT2D eigenvalue weighted by Gasteiger charge is -2.27. The Kier molecular flexibility index (Phi) is 4.57. The molecule has 2 rings (SSSR count). The Hall–Kier alpha value is -1.95. The van der Waals surface area contributed by atoms with Gasteiger partial charge in [-0.3, -0.25) is 0 Å². The fourth-order valence-corrected chi connectivity index (χ4v) is 2.32. The molecule has 5 nitrogen and oxygen atoms in total. The summed E-state index contributed by atoms with van der Waals surface area (Å²) in [6.45, 7) is 1.69. The number of nitrogens with one attached hydrogen (secondary N) is 1. The van der Waals surface area contributed by atoms with Crippen LogP contribution in [0.2, 0.25) is 0 Å². The van der Waals surface area contributed by atoms with E-state index in [1.807, 2.05) is 18.2 Å². The summed E-state index contributed by atoms with van der Waals surface area (Å²) >= 11 is 3.24. The molecule has 1 aromatic heterocycles. The third kappa shape index (κ3) is 3.05. The number of ether oxygens (including phenoxy) is 2. The monoisotopic (exact) mass is 353 g/mol. The lowest BCUT2D eigenvalue weighted by molar-refractivity contribution is -0.146. The molecule has 0 radical (unpaired) electrons. The molecule has 2 aromatic rings. The minimum absolute atomic E-state index is 0.437. The number of furan rings is 1. The van der Waals surface area contributed by atoms with Crippen molar-refractivity contribution in [3.8, 4) is 5.75 Å². The minimum Gasteiger partial charge on any atom is -0.495 e. The second kappa shape index (κ2) is 6.22. The smallest absolute Gasteiger partial charge is 0.339 e. The van der Waals surface area contributed by atoms with Crippen molar-refractivity contribution in [1.29, 1.82) is 0 Å². The van der Waals surface area contributed by atoms with Gasteiger partial charge in [0.05, 0.1) is 19.9 Å². The molecule has 21 heavy (non-hydrogen) atoms. The third-order valence-electron chi connectivity index (χ3n) is 3.15. The van der Waals surface area contributed by atoms with Crippen molar-refractivity contribution < 1.29 is 18.7 Å². The molecule has 0 amide bonds. The summed E-state index contributed by atoms with van der Waals surface area (Å²) < 4.78 is 16.3. The van der Waals surface area contributed by atoms with Crippen LogP contribution in [0.4, 0.5) is 5.69 Å². The number of carbonyl (C=O) groups is 1. The lowest BCUT2D eigenvalue weighted by Crippen LogP contribution is -2.41. The van der Waals surface area contributed by atoms with Gasteiger partial charge in [0.25, 0.3) is 0 Å². The number of benzene rings is 1. The number of carbonyl (C=O) groups excluding carboxylic acids is 1. The Balaban J connectivity index is 2.44. The van der Waals surface area contributed by atoms with Gasteiger partial charge in [0.1, 0.15) is 11.5 Å². The van der Waals surface area contributed by atoms with Crippen molar-refractivity contribution in [2.24, 2.45) is 0 Å². The van der Waals surface area contributed by atoms with Crippen LogP contribution in [-0.2, 0) is 15.1 Å². The summed E-state index contributed by atoms with van der Waals surface area (Å²) in [4.78, 5) is 12.2. The van der Waals surface area contributed by atoms with Crippen molar-refractivity contribution in [2.75, 3.05) is 19.5 Å². The lowest BCUT2D eigenvalue weighted by atomic mass is 9.98. The van der Waals surface area contributed by atoms with E-state index in [0.717, 1.165) is 0 Å². The second-order valence-electron chi connectivity index (χ2n) is 4.55. The highest BCUT2D eigenvalue weighted by Crippen LogP contribution is 2.34. The van der Waals surface area contributed by atoms with Gasteiger partial charge in [0, 0.05) is 0 Å². The topological polar surface area (TPSA) is 60.7 Å². The van der Waals surface area contributed by atoms with Crippen molar-refractivity contribution in [1.82, 2.24) is 0 Å². The number of para-hydroxylation sites is 2. The van der Waals surface area contributed by atoms with E-state index in [-0.39, 0.29) is 0 Å². The maximum Gasteiger partial charge on any atom is 0.339 e. The molecule has 1 heterocycles. The molecule has 112 valence electrons. The van der Waals surface area contributed by atoms with E-state index in [1.165, 1.54) is 7.11 Å². The molecule has 1 atom stereocenters. The molecule has 0 spiro atoms. The summed E-state index contributed by atoms with van der Waals surface area (Å²) in [5, 5.41) is 3.14. The van der Waals surface area contributed by atoms with E-state index in [1.54, 1.807) is 32.2 Å². The Morgan fingerprint density at radius 3 is 2.52 bits per heavy atom. The average Bonchev–Trinajstić information content (AvgIpc) is 2.94. The van der Waals surface area contributed by atoms with Gasteiger partial charge >= 0.3 is 5.97 Å². The maximum atomic E-state index is 12.2. The first kappa shape index (κ1) is 15.4. The van der Waals surface area contributed by atoms with E-state index >= 15 is 0 Å². The van der Waals surface area contributed by atoms with Crippen molar-refractivity contribution in [3.05, 3.63) is 46.8 Å². The Labute approximate surface area is 131 Å². The molecule has 0 fully saturated rings. The highest BCUT2D eigenvalue weighted by molar-refractivity contribution is 9.10. The van der Waals surface area contributed by atoms with E-state index in [0.29, 0.717) is 21.9 Å². The molecule has 0 aliphatic rings. The van der Waals surface area contributed by atoms with Crippen LogP contribution in [0.15, 0.2) is 45.5 Å². The van der Waals surface area contributed by atoms with E-state index in [4.69, 9.17) is 13.9 Å². The van der Waals surface area contributed by atoms with Gasteiger partial charge in [-0.05, 0) is 47.1 Å². The van der Waals surface area contributed by atoms with Crippen molar-refractivity contribution in [2.45, 2.75) is 12.5 Å². The average molecular weight is 354 g/mol. The molecule has 0 bridgehead atoms. The van der Waals surface area contributed by atoms with Gasteiger partial charge in [0.15, 0.2) is 10.2 Å². The normalized spacial score (nSPS) is 13.3. The fraction of sp³-hybridized carbons (Fsp3) is 0.267. The SMILES string of the molecule is COC(=O)C(C)(Nc1ccccc1OC)c1ccc(Br)o1. The molecule has 1 aromatic carbocycles. The minimum atomic E-state index is -1.17.